The van der Waals surface area contributed by atoms with Crippen LogP contribution >= 0.6 is 0 Å². The highest BCUT2D eigenvalue weighted by Gasteiger charge is 2.44. The van der Waals surface area contributed by atoms with Crippen LogP contribution in [0.15, 0.2) is 90.0 Å². The van der Waals surface area contributed by atoms with Crippen molar-refractivity contribution in [3.8, 4) is 5.75 Å². The summed E-state index contributed by atoms with van der Waals surface area (Å²) in [5.74, 6) is -2.88. The number of nitrogens with one attached hydrogen (secondary N) is 1. The summed E-state index contributed by atoms with van der Waals surface area (Å²) in [6.45, 7) is 5.08. The van der Waals surface area contributed by atoms with Crippen molar-refractivity contribution in [2.24, 2.45) is 0 Å². The quantitative estimate of drug-likeness (QED) is 0.147. The molecule has 1 fully saturated rings. The molecule has 0 saturated carbocycles. The van der Waals surface area contributed by atoms with Crippen LogP contribution in [-0.4, -0.2) is 36.3 Å². The Bertz CT molecular complexity index is 1900. The third kappa shape index (κ3) is 9.76. The molecule has 17 heteroatoms. The normalized spacial score (nSPS) is 17.0. The van der Waals surface area contributed by atoms with E-state index in [2.05, 4.69) is 15.0 Å². The molecule has 1 saturated heterocycles. The number of ether oxygens (including phenoxy) is 1. The Morgan fingerprint density at radius 1 is 0.880 bits per heavy atom. The van der Waals surface area contributed by atoms with Gasteiger partial charge >= 0.3 is 12.5 Å². The van der Waals surface area contributed by atoms with Crippen molar-refractivity contribution < 1.29 is 57.6 Å². The maximum atomic E-state index is 14.1. The summed E-state index contributed by atoms with van der Waals surface area (Å²) in [6.07, 6.45) is -8.54. The Labute approximate surface area is 281 Å². The number of halogens is 8. The van der Waals surface area contributed by atoms with Crippen molar-refractivity contribution in [1.82, 2.24) is 10.3 Å². The number of anilines is 1. The summed E-state index contributed by atoms with van der Waals surface area (Å²) in [4.78, 5) is 18.2. The van der Waals surface area contributed by atoms with Crippen LogP contribution in [0.1, 0.15) is 48.7 Å². The van der Waals surface area contributed by atoms with Crippen LogP contribution in [0.4, 0.5) is 40.8 Å². The molecule has 8 nitrogen and oxygen atoms in total. The maximum Gasteiger partial charge on any atom is 0.573 e. The Hall–Kier alpha value is -4.61. The molecule has 1 aromatic heterocycles. The van der Waals surface area contributed by atoms with Gasteiger partial charge in [0.1, 0.15) is 23.1 Å². The van der Waals surface area contributed by atoms with Crippen molar-refractivity contribution in [1.29, 1.82) is 0 Å². The van der Waals surface area contributed by atoms with Crippen LogP contribution in [0.2, 0.25) is 0 Å². The van der Waals surface area contributed by atoms with E-state index in [0.717, 1.165) is 42.1 Å². The van der Waals surface area contributed by atoms with E-state index >= 15 is 0 Å². The van der Waals surface area contributed by atoms with Gasteiger partial charge in [0.25, 0.3) is 10.1 Å². The van der Waals surface area contributed by atoms with E-state index in [4.69, 9.17) is 4.55 Å². The minimum absolute atomic E-state index is 0.0139. The SMILES string of the molecule is CC(C)(N[C@@H]1C[C@H](c2cc(F)cc(F)c2)N(c2ccc(OC(F)(F)F)cc2)C1=O)c1ccc(C(F)(F)F)nc1.Cc1ccc(S(=O)(=O)O)cc1. The summed E-state index contributed by atoms with van der Waals surface area (Å²) in [5, 5.41) is 3.08. The second-order valence-electron chi connectivity index (χ2n) is 11.7. The molecule has 0 bridgehead atoms. The first-order chi connectivity index (χ1) is 23.0. The monoisotopic (exact) mass is 731 g/mol. The first-order valence-corrected chi connectivity index (χ1v) is 16.0. The van der Waals surface area contributed by atoms with Gasteiger partial charge in [-0.1, -0.05) is 23.8 Å². The van der Waals surface area contributed by atoms with Crippen LogP contribution in [0.3, 0.4) is 0 Å². The first-order valence-electron chi connectivity index (χ1n) is 14.5. The Kier molecular flexibility index (Phi) is 10.9. The number of pyridine rings is 1. The Balaban J connectivity index is 0.000000435. The molecule has 0 spiro atoms. The van der Waals surface area contributed by atoms with E-state index < -0.39 is 69.3 Å². The van der Waals surface area contributed by atoms with E-state index in [1.807, 2.05) is 6.92 Å². The number of aromatic nitrogens is 1. The largest absolute Gasteiger partial charge is 0.573 e. The van der Waals surface area contributed by atoms with Gasteiger partial charge in [0.2, 0.25) is 5.91 Å². The third-order valence-corrected chi connectivity index (χ3v) is 8.42. The van der Waals surface area contributed by atoms with E-state index in [-0.39, 0.29) is 22.6 Å². The number of alkyl halides is 6. The highest BCUT2D eigenvalue weighted by Crippen LogP contribution is 2.40. The fourth-order valence-electron chi connectivity index (χ4n) is 5.20. The van der Waals surface area contributed by atoms with Gasteiger partial charge in [-0.05, 0) is 92.9 Å². The molecule has 1 aliphatic rings. The minimum atomic E-state index is -4.93. The molecule has 5 rings (SSSR count). The average molecular weight is 732 g/mol. The lowest BCUT2D eigenvalue weighted by molar-refractivity contribution is -0.274. The lowest BCUT2D eigenvalue weighted by Gasteiger charge is -2.30. The number of amides is 1. The van der Waals surface area contributed by atoms with Crippen LogP contribution < -0.4 is 15.0 Å². The Morgan fingerprint density at radius 3 is 1.94 bits per heavy atom. The van der Waals surface area contributed by atoms with E-state index in [1.54, 1.807) is 26.0 Å². The van der Waals surface area contributed by atoms with Crippen LogP contribution in [0.5, 0.6) is 5.75 Å². The van der Waals surface area contributed by atoms with Crippen LogP contribution in [0, 0.1) is 18.6 Å². The molecule has 2 atom stereocenters. The number of hydrogen-bond acceptors (Lipinski definition) is 6. The molecule has 2 N–H and O–H groups in total. The second kappa shape index (κ2) is 14.3. The van der Waals surface area contributed by atoms with Crippen molar-refractivity contribution in [3.05, 3.63) is 119 Å². The molecule has 268 valence electrons. The second-order valence-corrected chi connectivity index (χ2v) is 13.2. The number of carbonyl (C=O) groups is 1. The molecule has 3 aromatic carbocycles. The van der Waals surface area contributed by atoms with Gasteiger partial charge in [0.15, 0.2) is 0 Å². The zero-order valence-electron chi connectivity index (χ0n) is 26.4. The molecule has 50 heavy (non-hydrogen) atoms. The van der Waals surface area contributed by atoms with Crippen molar-refractivity contribution in [2.45, 2.75) is 62.2 Å². The van der Waals surface area contributed by atoms with Crippen LogP contribution in [0.25, 0.3) is 0 Å². The summed E-state index contributed by atoms with van der Waals surface area (Å²) in [5.41, 5.74) is -0.620. The number of nitrogens with zero attached hydrogens (tertiary/aromatic N) is 2. The first kappa shape index (κ1) is 38.2. The predicted molar refractivity (Wildman–Crippen MR) is 165 cm³/mol. The minimum Gasteiger partial charge on any atom is -0.406 e. The zero-order valence-corrected chi connectivity index (χ0v) is 27.2. The molecular weight excluding hydrogens is 702 g/mol. The molecule has 1 amide bonds. The lowest BCUT2D eigenvalue weighted by atomic mass is 9.93. The van der Waals surface area contributed by atoms with E-state index in [1.165, 1.54) is 35.2 Å². The number of rotatable bonds is 7. The Morgan fingerprint density at radius 2 is 1.46 bits per heavy atom. The van der Waals surface area contributed by atoms with Crippen molar-refractivity contribution in [3.63, 3.8) is 0 Å². The standard InChI is InChI=1S/C26H21F8N3O2.C7H8O3S/c1-24(2,15-3-8-22(35-13-15)25(29,30)31)36-20-12-21(14-9-16(27)11-17(28)10-14)37(23(20)38)18-4-6-19(7-5-18)39-26(32,33)34;1-6-2-4-7(5-3-6)11(8,9)10/h3-11,13,20-21,36H,12H2,1-2H3;2-5H,1H3,(H,8,9,10)/t20-,21-;/m1./s1. The maximum absolute atomic E-state index is 14.1. The number of carbonyl (C=O) groups excluding carboxylic acids is 1. The van der Waals surface area contributed by atoms with Gasteiger partial charge in [0.05, 0.1) is 17.0 Å². The highest BCUT2D eigenvalue weighted by atomic mass is 32.2. The van der Waals surface area contributed by atoms with Gasteiger partial charge in [-0.25, -0.2) is 8.78 Å². The molecule has 2 heterocycles. The average Bonchev–Trinajstić information content (AvgIpc) is 3.31. The van der Waals surface area contributed by atoms with Gasteiger partial charge in [-0.3, -0.25) is 19.6 Å². The number of benzene rings is 3. The summed E-state index contributed by atoms with van der Waals surface area (Å²) >= 11 is 0. The fourth-order valence-corrected chi connectivity index (χ4v) is 5.68. The number of hydrogen-bond donors (Lipinski definition) is 2. The summed E-state index contributed by atoms with van der Waals surface area (Å²) < 4.78 is 138. The van der Waals surface area contributed by atoms with Crippen LogP contribution in [-0.2, 0) is 26.6 Å². The number of aryl methyl sites for hydroxylation is 1. The van der Waals surface area contributed by atoms with Gasteiger partial charge in [-0.15, -0.1) is 13.2 Å². The molecule has 0 unspecified atom stereocenters. The summed E-state index contributed by atoms with van der Waals surface area (Å²) in [7, 11) is -4.02. The zero-order chi connectivity index (χ0) is 37.2. The van der Waals surface area contributed by atoms with E-state index in [0.29, 0.717) is 11.6 Å². The molecule has 4 aromatic rings. The van der Waals surface area contributed by atoms with Gasteiger partial charge in [-0.2, -0.15) is 21.6 Å². The van der Waals surface area contributed by atoms with Gasteiger partial charge in [0, 0.05) is 23.5 Å². The molecule has 0 aliphatic carbocycles. The summed E-state index contributed by atoms with van der Waals surface area (Å²) in [6, 6.07) is 13.3. The molecular formula is C33H29F8N3O5S. The van der Waals surface area contributed by atoms with Crippen molar-refractivity contribution >= 4 is 21.7 Å². The molecule has 1 aliphatic heterocycles. The fraction of sp³-hybridized carbons (Fsp3) is 0.273. The van der Waals surface area contributed by atoms with Gasteiger partial charge < -0.3 is 9.64 Å². The smallest absolute Gasteiger partial charge is 0.406 e. The lowest BCUT2D eigenvalue weighted by Crippen LogP contribution is -2.47. The van der Waals surface area contributed by atoms with Crippen molar-refractivity contribution in [2.75, 3.05) is 4.90 Å². The third-order valence-electron chi connectivity index (χ3n) is 7.55. The van der Waals surface area contributed by atoms with E-state index in [9.17, 15) is 48.3 Å². The molecule has 0 radical (unpaired) electrons. The topological polar surface area (TPSA) is 109 Å². The predicted octanol–water partition coefficient (Wildman–Crippen LogP) is 7.89. The highest BCUT2D eigenvalue weighted by molar-refractivity contribution is 7.85.